The van der Waals surface area contributed by atoms with E-state index in [0.717, 1.165) is 5.56 Å². The van der Waals surface area contributed by atoms with Gasteiger partial charge in [0.1, 0.15) is 17.8 Å². The molecule has 1 aliphatic heterocycles. The van der Waals surface area contributed by atoms with Gasteiger partial charge in [0.15, 0.2) is 0 Å². The number of hydrogen-bond acceptors (Lipinski definition) is 7. The molecule has 8 nitrogen and oxygen atoms in total. The zero-order valence-electron chi connectivity index (χ0n) is 16.7. The van der Waals surface area contributed by atoms with Crippen molar-refractivity contribution in [1.82, 2.24) is 9.88 Å². The van der Waals surface area contributed by atoms with Crippen molar-refractivity contribution in [3.8, 4) is 0 Å². The molecule has 1 saturated heterocycles. The third-order valence-electron chi connectivity index (χ3n) is 5.17. The van der Waals surface area contributed by atoms with Crippen molar-refractivity contribution in [2.75, 3.05) is 26.3 Å². The molecule has 1 fully saturated rings. The molecule has 31 heavy (non-hydrogen) atoms. The van der Waals surface area contributed by atoms with Crippen molar-refractivity contribution >= 4 is 28.5 Å². The Balaban J connectivity index is 1.54. The lowest BCUT2D eigenvalue weighted by atomic mass is 10.1. The molecule has 9 heteroatoms. The Morgan fingerprint density at radius 1 is 1.23 bits per heavy atom. The Labute approximate surface area is 177 Å². The highest BCUT2D eigenvalue weighted by molar-refractivity contribution is 6.38. The lowest BCUT2D eigenvalue weighted by molar-refractivity contribution is -0.0603. The molecule has 0 amide bonds. The quantitative estimate of drug-likeness (QED) is 0.330. The van der Waals surface area contributed by atoms with E-state index >= 15 is 0 Å². The number of morpholine rings is 1. The first-order chi connectivity index (χ1) is 15.1. The number of nitrogens with zero attached hydrogens (tertiary/aromatic N) is 3. The van der Waals surface area contributed by atoms with E-state index in [2.05, 4.69) is 15.1 Å². The van der Waals surface area contributed by atoms with E-state index in [1.54, 1.807) is 30.3 Å². The van der Waals surface area contributed by atoms with Crippen LogP contribution in [0.1, 0.15) is 17.4 Å². The molecule has 3 aromatic rings. The molecule has 160 valence electrons. The predicted octanol–water partition coefficient (Wildman–Crippen LogP) is 2.06. The maximum atomic E-state index is 14.1. The number of aromatic nitrogens is 1. The summed E-state index contributed by atoms with van der Waals surface area (Å²) in [7, 11) is 0. The molecule has 1 atom stereocenters. The minimum Gasteiger partial charge on any atom is -0.379 e. The lowest BCUT2D eigenvalue weighted by Gasteiger charge is -2.31. The van der Waals surface area contributed by atoms with E-state index in [0.29, 0.717) is 37.5 Å². The molecular weight excluding hydrogens is 401 g/mol. The first kappa shape index (κ1) is 20.9. The molecule has 2 heterocycles. The molecule has 1 unspecified atom stereocenters. The third-order valence-corrected chi connectivity index (χ3v) is 5.17. The lowest BCUT2D eigenvalue weighted by Crippen LogP contribution is -2.38. The van der Waals surface area contributed by atoms with Gasteiger partial charge in [-0.3, -0.25) is 14.7 Å². The Hall–Kier alpha value is -3.40. The number of hydrazone groups is 1. The van der Waals surface area contributed by atoms with E-state index in [4.69, 9.17) is 10.6 Å². The van der Waals surface area contributed by atoms with E-state index in [9.17, 15) is 14.3 Å². The number of nitrogens with two attached hydrogens (primary N) is 1. The Morgan fingerprint density at radius 3 is 2.68 bits per heavy atom. The monoisotopic (exact) mass is 423 g/mol. The van der Waals surface area contributed by atoms with E-state index in [1.165, 1.54) is 24.4 Å². The van der Waals surface area contributed by atoms with Crippen molar-refractivity contribution < 1.29 is 14.2 Å². The van der Waals surface area contributed by atoms with Gasteiger partial charge >= 0.3 is 0 Å². The number of aliphatic hydroxyl groups is 1. The van der Waals surface area contributed by atoms with Gasteiger partial charge in [-0.25, -0.2) is 4.39 Å². The number of ether oxygens (including phenoxy) is 1. The molecule has 0 saturated carbocycles. The molecule has 4 N–H and O–H groups in total. The molecule has 0 radical (unpaired) electrons. The fraction of sp³-hybridized carbons (Fsp3) is 0.227. The van der Waals surface area contributed by atoms with Crippen molar-refractivity contribution in [3.63, 3.8) is 0 Å². The third kappa shape index (κ3) is 4.53. The number of nitrogens with one attached hydrogen (secondary N) is 1. The average Bonchev–Trinajstić information content (AvgIpc) is 2.80. The average molecular weight is 423 g/mol. The minimum atomic E-state index is -0.714. The molecule has 2 aromatic carbocycles. The number of aliphatic imine (C=N–C) groups is 1. The Kier molecular flexibility index (Phi) is 6.17. The van der Waals surface area contributed by atoms with Crippen LogP contribution in [0.2, 0.25) is 0 Å². The van der Waals surface area contributed by atoms with Gasteiger partial charge in [0.25, 0.3) is 5.56 Å². The first-order valence-corrected chi connectivity index (χ1v) is 9.80. The fourth-order valence-electron chi connectivity index (χ4n) is 3.46. The number of rotatable bonds is 5. The van der Waals surface area contributed by atoms with Crippen LogP contribution >= 0.6 is 0 Å². The smallest absolute Gasteiger partial charge is 0.258 e. The first-order valence-electron chi connectivity index (χ1n) is 9.80. The summed E-state index contributed by atoms with van der Waals surface area (Å²) in [4.78, 5) is 21.3. The molecule has 4 rings (SSSR count). The summed E-state index contributed by atoms with van der Waals surface area (Å²) in [5.41, 5.74) is 1.50. The van der Waals surface area contributed by atoms with Crippen LogP contribution < -0.4 is 11.4 Å². The molecule has 1 aromatic heterocycles. The van der Waals surface area contributed by atoms with Crippen LogP contribution in [0, 0.1) is 5.82 Å². The SMILES string of the molecule is NN=C(C=Nc1ccc(C(O)N2CCOCC2)cc1)c1cc2c(F)cccc2[nH]c1=O. The normalized spacial score (nSPS) is 16.8. The van der Waals surface area contributed by atoms with Crippen LogP contribution in [-0.2, 0) is 4.74 Å². The van der Waals surface area contributed by atoms with Gasteiger partial charge in [-0.2, -0.15) is 5.10 Å². The predicted molar refractivity (Wildman–Crippen MR) is 117 cm³/mol. The van der Waals surface area contributed by atoms with Crippen molar-refractivity contribution in [2.45, 2.75) is 6.23 Å². The van der Waals surface area contributed by atoms with Gasteiger partial charge in [0.05, 0.1) is 36.2 Å². The van der Waals surface area contributed by atoms with Crippen LogP contribution in [0.3, 0.4) is 0 Å². The number of halogens is 1. The number of aliphatic hydroxyl groups excluding tert-OH is 1. The number of fused-ring (bicyclic) bond motifs is 1. The molecule has 1 aliphatic rings. The van der Waals surface area contributed by atoms with Gasteiger partial charge in [-0.1, -0.05) is 18.2 Å². The summed E-state index contributed by atoms with van der Waals surface area (Å²) < 4.78 is 19.4. The summed E-state index contributed by atoms with van der Waals surface area (Å²) >= 11 is 0. The largest absolute Gasteiger partial charge is 0.379 e. The molecular formula is C22H22FN5O3. The van der Waals surface area contributed by atoms with Crippen LogP contribution in [0.4, 0.5) is 10.1 Å². The number of pyridine rings is 1. The summed E-state index contributed by atoms with van der Waals surface area (Å²) in [6, 6.07) is 12.9. The zero-order valence-corrected chi connectivity index (χ0v) is 16.7. The van der Waals surface area contributed by atoms with Gasteiger partial charge in [-0.05, 0) is 35.9 Å². The number of benzene rings is 2. The van der Waals surface area contributed by atoms with Crippen LogP contribution in [-0.4, -0.2) is 53.2 Å². The highest BCUT2D eigenvalue weighted by atomic mass is 19.1. The number of aromatic amines is 1. The summed E-state index contributed by atoms with van der Waals surface area (Å²) in [6.07, 6.45) is 0.638. The number of H-pyrrole nitrogens is 1. The Bertz CT molecular complexity index is 1180. The maximum Gasteiger partial charge on any atom is 0.258 e. The second kappa shape index (κ2) is 9.17. The van der Waals surface area contributed by atoms with Crippen molar-refractivity contribution in [2.24, 2.45) is 15.9 Å². The molecule has 0 aliphatic carbocycles. The summed E-state index contributed by atoms with van der Waals surface area (Å²) in [6.45, 7) is 2.52. The summed E-state index contributed by atoms with van der Waals surface area (Å²) in [5.74, 6) is 5.01. The highest BCUT2D eigenvalue weighted by Gasteiger charge is 2.20. The zero-order chi connectivity index (χ0) is 21.8. The van der Waals surface area contributed by atoms with Gasteiger partial charge in [0, 0.05) is 18.5 Å². The van der Waals surface area contributed by atoms with Crippen LogP contribution in [0.15, 0.2) is 63.4 Å². The van der Waals surface area contributed by atoms with Gasteiger partial charge in [-0.15, -0.1) is 0 Å². The highest BCUT2D eigenvalue weighted by Crippen LogP contribution is 2.22. The summed E-state index contributed by atoms with van der Waals surface area (Å²) in [5, 5.41) is 14.4. The van der Waals surface area contributed by atoms with Crippen LogP contribution in [0.5, 0.6) is 0 Å². The van der Waals surface area contributed by atoms with Crippen molar-refractivity contribution in [1.29, 1.82) is 0 Å². The second-order valence-corrected chi connectivity index (χ2v) is 7.10. The minimum absolute atomic E-state index is 0.114. The second-order valence-electron chi connectivity index (χ2n) is 7.10. The fourth-order valence-corrected chi connectivity index (χ4v) is 3.46. The molecule has 0 bridgehead atoms. The topological polar surface area (TPSA) is 116 Å². The van der Waals surface area contributed by atoms with E-state index in [1.807, 2.05) is 4.90 Å². The van der Waals surface area contributed by atoms with Gasteiger partial charge < -0.3 is 20.7 Å². The Morgan fingerprint density at radius 2 is 1.97 bits per heavy atom. The molecule has 0 spiro atoms. The van der Waals surface area contributed by atoms with E-state index in [-0.39, 0.29) is 16.7 Å². The maximum absolute atomic E-state index is 14.1. The number of hydrogen-bond donors (Lipinski definition) is 3. The van der Waals surface area contributed by atoms with E-state index < -0.39 is 17.6 Å². The van der Waals surface area contributed by atoms with Crippen molar-refractivity contribution in [3.05, 3.63) is 75.8 Å². The standard InChI is InChI=1S/C22H22FN5O3/c23-18-2-1-3-19-16(18)12-17(21(29)26-19)20(27-24)13-25-15-6-4-14(5-7-15)22(30)28-8-10-31-11-9-28/h1-7,12-13,22,30H,8-11,24H2,(H,26,29). The van der Waals surface area contributed by atoms with Gasteiger partial charge in [0.2, 0.25) is 0 Å². The van der Waals surface area contributed by atoms with Crippen LogP contribution in [0.25, 0.3) is 10.9 Å².